The Morgan fingerprint density at radius 3 is 2.55 bits per heavy atom. The monoisotopic (exact) mass is 410 g/mol. The molecule has 150 valence electrons. The van der Waals surface area contributed by atoms with E-state index in [1.165, 1.54) is 12.1 Å². The number of hydrogen-bond donors (Lipinski definition) is 1. The maximum atomic E-state index is 14.0. The SMILES string of the molecule is CN(C)c1ccc(Nc2c(C(=O)N3CCSCC3)cnc3ccc(F)cc23)cc1. The zero-order valence-corrected chi connectivity index (χ0v) is 17.3. The van der Waals surface area contributed by atoms with Crippen LogP contribution in [-0.2, 0) is 0 Å². The van der Waals surface area contributed by atoms with Crippen LogP contribution in [0.5, 0.6) is 0 Å². The van der Waals surface area contributed by atoms with Crippen molar-refractivity contribution in [1.82, 2.24) is 9.88 Å². The van der Waals surface area contributed by atoms with E-state index in [0.717, 1.165) is 22.9 Å². The van der Waals surface area contributed by atoms with Crippen LogP contribution in [0.25, 0.3) is 10.9 Å². The van der Waals surface area contributed by atoms with Gasteiger partial charge in [0.15, 0.2) is 0 Å². The third-order valence-corrected chi connectivity index (χ3v) is 5.95. The summed E-state index contributed by atoms with van der Waals surface area (Å²) in [6.07, 6.45) is 1.60. The minimum Gasteiger partial charge on any atom is -0.378 e. The summed E-state index contributed by atoms with van der Waals surface area (Å²) in [7, 11) is 3.96. The molecule has 0 atom stereocenters. The van der Waals surface area contributed by atoms with Gasteiger partial charge in [-0.3, -0.25) is 9.78 Å². The molecule has 2 aromatic carbocycles. The van der Waals surface area contributed by atoms with Crippen molar-refractivity contribution < 1.29 is 9.18 Å². The first-order valence-electron chi connectivity index (χ1n) is 9.52. The van der Waals surface area contributed by atoms with Crippen LogP contribution in [0.2, 0.25) is 0 Å². The van der Waals surface area contributed by atoms with Crippen LogP contribution < -0.4 is 10.2 Å². The van der Waals surface area contributed by atoms with Gasteiger partial charge in [0, 0.05) is 61.6 Å². The second kappa shape index (κ2) is 8.29. The first-order chi connectivity index (χ1) is 14.0. The molecule has 1 saturated heterocycles. The van der Waals surface area contributed by atoms with Crippen LogP contribution in [0.1, 0.15) is 10.4 Å². The smallest absolute Gasteiger partial charge is 0.257 e. The van der Waals surface area contributed by atoms with E-state index < -0.39 is 0 Å². The van der Waals surface area contributed by atoms with Gasteiger partial charge in [-0.2, -0.15) is 11.8 Å². The number of halogens is 1. The molecule has 1 aliphatic rings. The Bertz CT molecular complexity index is 1030. The molecule has 2 heterocycles. The van der Waals surface area contributed by atoms with E-state index in [9.17, 15) is 9.18 Å². The summed E-state index contributed by atoms with van der Waals surface area (Å²) in [6, 6.07) is 12.3. The molecule has 1 aliphatic heterocycles. The molecule has 1 N–H and O–H groups in total. The Labute approximate surface area is 173 Å². The molecule has 29 heavy (non-hydrogen) atoms. The number of carbonyl (C=O) groups is 1. The van der Waals surface area contributed by atoms with E-state index in [-0.39, 0.29) is 11.7 Å². The van der Waals surface area contributed by atoms with Crippen molar-refractivity contribution in [1.29, 1.82) is 0 Å². The first kappa shape index (κ1) is 19.5. The largest absolute Gasteiger partial charge is 0.378 e. The summed E-state index contributed by atoms with van der Waals surface area (Å²) < 4.78 is 14.0. The number of carbonyl (C=O) groups excluding carboxylic acids is 1. The Hall–Kier alpha value is -2.80. The molecule has 1 fully saturated rings. The summed E-state index contributed by atoms with van der Waals surface area (Å²) in [5, 5.41) is 3.95. The predicted molar refractivity (Wildman–Crippen MR) is 119 cm³/mol. The van der Waals surface area contributed by atoms with E-state index in [0.29, 0.717) is 35.2 Å². The predicted octanol–water partition coefficient (Wildman–Crippen LogP) is 4.37. The van der Waals surface area contributed by atoms with E-state index >= 15 is 0 Å². The Kier molecular flexibility index (Phi) is 5.58. The number of thioether (sulfide) groups is 1. The van der Waals surface area contributed by atoms with Gasteiger partial charge in [0.25, 0.3) is 5.91 Å². The highest BCUT2D eigenvalue weighted by Gasteiger charge is 2.23. The molecule has 0 radical (unpaired) electrons. The van der Waals surface area contributed by atoms with Crippen LogP contribution >= 0.6 is 11.8 Å². The summed E-state index contributed by atoms with van der Waals surface area (Å²) >= 11 is 1.85. The number of nitrogens with one attached hydrogen (secondary N) is 1. The average Bonchev–Trinajstić information content (AvgIpc) is 2.74. The molecule has 5 nitrogen and oxygen atoms in total. The maximum absolute atomic E-state index is 14.0. The van der Waals surface area contributed by atoms with Crippen molar-refractivity contribution in [2.24, 2.45) is 0 Å². The van der Waals surface area contributed by atoms with Crippen molar-refractivity contribution in [3.05, 3.63) is 60.0 Å². The molecule has 0 bridgehead atoms. The van der Waals surface area contributed by atoms with E-state index in [1.807, 2.05) is 59.9 Å². The average molecular weight is 411 g/mol. The highest BCUT2D eigenvalue weighted by Crippen LogP contribution is 2.31. The zero-order chi connectivity index (χ0) is 20.4. The number of aromatic nitrogens is 1. The number of nitrogens with zero attached hydrogens (tertiary/aromatic N) is 3. The fraction of sp³-hybridized carbons (Fsp3) is 0.273. The van der Waals surface area contributed by atoms with Gasteiger partial charge < -0.3 is 15.1 Å². The van der Waals surface area contributed by atoms with Gasteiger partial charge in [-0.25, -0.2) is 4.39 Å². The van der Waals surface area contributed by atoms with E-state index in [4.69, 9.17) is 0 Å². The van der Waals surface area contributed by atoms with E-state index in [1.54, 1.807) is 12.3 Å². The number of benzene rings is 2. The van der Waals surface area contributed by atoms with Gasteiger partial charge in [0.2, 0.25) is 0 Å². The fourth-order valence-electron chi connectivity index (χ4n) is 3.39. The van der Waals surface area contributed by atoms with Crippen molar-refractivity contribution in [3.8, 4) is 0 Å². The number of hydrogen-bond acceptors (Lipinski definition) is 5. The van der Waals surface area contributed by atoms with Crippen LogP contribution in [0.15, 0.2) is 48.7 Å². The summed E-state index contributed by atoms with van der Waals surface area (Å²) in [6.45, 7) is 1.42. The minimum atomic E-state index is -0.357. The lowest BCUT2D eigenvalue weighted by molar-refractivity contribution is 0.0773. The van der Waals surface area contributed by atoms with Crippen LogP contribution in [0, 0.1) is 5.82 Å². The van der Waals surface area contributed by atoms with Crippen LogP contribution in [0.3, 0.4) is 0 Å². The lowest BCUT2D eigenvalue weighted by Gasteiger charge is -2.27. The highest BCUT2D eigenvalue weighted by molar-refractivity contribution is 7.99. The Morgan fingerprint density at radius 2 is 1.86 bits per heavy atom. The first-order valence-corrected chi connectivity index (χ1v) is 10.7. The molecular formula is C22H23FN4OS. The summed E-state index contributed by atoms with van der Waals surface area (Å²) in [5.41, 5.74) is 3.60. The highest BCUT2D eigenvalue weighted by atomic mass is 32.2. The normalized spacial score (nSPS) is 14.1. The second-order valence-corrected chi connectivity index (χ2v) is 8.40. The van der Waals surface area contributed by atoms with Gasteiger partial charge in [-0.1, -0.05) is 0 Å². The van der Waals surface area contributed by atoms with Crippen molar-refractivity contribution in [2.45, 2.75) is 0 Å². The standard InChI is InChI=1S/C22H23FN4OS/c1-26(2)17-6-4-16(5-7-17)25-21-18-13-15(23)3-8-20(18)24-14-19(21)22(28)27-9-11-29-12-10-27/h3-8,13-14H,9-12H2,1-2H3,(H,24,25). The maximum Gasteiger partial charge on any atom is 0.257 e. The van der Waals surface area contributed by atoms with Gasteiger partial charge in [-0.05, 0) is 42.5 Å². The lowest BCUT2D eigenvalue weighted by Crippen LogP contribution is -2.38. The molecule has 0 spiro atoms. The second-order valence-electron chi connectivity index (χ2n) is 7.18. The molecule has 4 rings (SSSR count). The topological polar surface area (TPSA) is 48.5 Å². The van der Waals surface area contributed by atoms with Crippen molar-refractivity contribution in [3.63, 3.8) is 0 Å². The summed E-state index contributed by atoms with van der Waals surface area (Å²) in [4.78, 5) is 21.5. The third-order valence-electron chi connectivity index (χ3n) is 5.01. The van der Waals surface area contributed by atoms with Gasteiger partial charge in [-0.15, -0.1) is 0 Å². The molecule has 1 aromatic heterocycles. The Morgan fingerprint density at radius 1 is 1.14 bits per heavy atom. The van der Waals surface area contributed by atoms with E-state index in [2.05, 4.69) is 10.3 Å². The van der Waals surface area contributed by atoms with Crippen molar-refractivity contribution in [2.75, 3.05) is 48.9 Å². The van der Waals surface area contributed by atoms with Crippen LogP contribution in [-0.4, -0.2) is 54.5 Å². The van der Waals surface area contributed by atoms with Gasteiger partial charge in [0.05, 0.1) is 16.8 Å². The number of amides is 1. The molecule has 3 aromatic rings. The third kappa shape index (κ3) is 4.15. The summed E-state index contributed by atoms with van der Waals surface area (Å²) in [5.74, 6) is 1.42. The minimum absolute atomic E-state index is 0.0728. The van der Waals surface area contributed by atoms with Gasteiger partial charge in [0.1, 0.15) is 5.82 Å². The van der Waals surface area contributed by atoms with Gasteiger partial charge >= 0.3 is 0 Å². The molecule has 0 saturated carbocycles. The molecule has 7 heteroatoms. The quantitative estimate of drug-likeness (QED) is 0.692. The molecule has 0 aliphatic carbocycles. The molecule has 0 unspecified atom stereocenters. The zero-order valence-electron chi connectivity index (χ0n) is 16.5. The Balaban J connectivity index is 1.77. The number of anilines is 3. The molecule has 1 amide bonds. The number of fused-ring (bicyclic) bond motifs is 1. The lowest BCUT2D eigenvalue weighted by atomic mass is 10.1. The molecular weight excluding hydrogens is 387 g/mol. The number of pyridine rings is 1. The van der Waals surface area contributed by atoms with Crippen LogP contribution in [0.4, 0.5) is 21.5 Å². The number of rotatable bonds is 4. The fourth-order valence-corrected chi connectivity index (χ4v) is 4.29. The van der Waals surface area contributed by atoms with Crippen molar-refractivity contribution >= 4 is 45.6 Å².